The fourth-order valence-corrected chi connectivity index (χ4v) is 1.44. The Morgan fingerprint density at radius 2 is 2.18 bits per heavy atom. The van der Waals surface area contributed by atoms with E-state index in [9.17, 15) is 9.59 Å². The number of hydrogen-bond acceptors (Lipinski definition) is 5. The van der Waals surface area contributed by atoms with Crippen LogP contribution in [0.2, 0.25) is 0 Å². The lowest BCUT2D eigenvalue weighted by molar-refractivity contribution is -0.149. The SMILES string of the molecule is NN1C(=O)OCC1C(=O)OCc1ccccc1. The van der Waals surface area contributed by atoms with Gasteiger partial charge in [-0.3, -0.25) is 0 Å². The number of hydrazine groups is 1. The van der Waals surface area contributed by atoms with Crippen LogP contribution in [-0.4, -0.2) is 29.7 Å². The highest BCUT2D eigenvalue weighted by atomic mass is 16.6. The molecular weight excluding hydrogens is 224 g/mol. The summed E-state index contributed by atoms with van der Waals surface area (Å²) < 4.78 is 9.65. The fraction of sp³-hybridized carbons (Fsp3) is 0.273. The highest BCUT2D eigenvalue weighted by Crippen LogP contribution is 2.10. The smallest absolute Gasteiger partial charge is 0.425 e. The van der Waals surface area contributed by atoms with Crippen LogP contribution in [0.3, 0.4) is 0 Å². The third-order valence-electron chi connectivity index (χ3n) is 2.41. The number of esters is 1. The average Bonchev–Trinajstić information content (AvgIpc) is 2.69. The number of carbonyl (C=O) groups is 2. The minimum Gasteiger partial charge on any atom is -0.459 e. The van der Waals surface area contributed by atoms with Crippen LogP contribution in [-0.2, 0) is 20.9 Å². The molecule has 0 bridgehead atoms. The zero-order chi connectivity index (χ0) is 12.3. The molecule has 0 aromatic heterocycles. The summed E-state index contributed by atoms with van der Waals surface area (Å²) in [7, 11) is 0. The van der Waals surface area contributed by atoms with Crippen LogP contribution in [0.15, 0.2) is 30.3 Å². The summed E-state index contributed by atoms with van der Waals surface area (Å²) in [5.41, 5.74) is 0.870. The number of benzene rings is 1. The number of ether oxygens (including phenoxy) is 2. The first-order chi connectivity index (χ1) is 8.18. The van der Waals surface area contributed by atoms with Crippen molar-refractivity contribution in [3.63, 3.8) is 0 Å². The van der Waals surface area contributed by atoms with Gasteiger partial charge >= 0.3 is 12.1 Å². The molecule has 0 radical (unpaired) electrons. The van der Waals surface area contributed by atoms with Gasteiger partial charge in [0, 0.05) is 0 Å². The summed E-state index contributed by atoms with van der Waals surface area (Å²) in [5.74, 6) is 4.78. The molecule has 1 aromatic rings. The second kappa shape index (κ2) is 4.84. The van der Waals surface area contributed by atoms with Gasteiger partial charge in [-0.05, 0) is 5.56 Å². The second-order valence-corrected chi connectivity index (χ2v) is 3.59. The van der Waals surface area contributed by atoms with E-state index in [2.05, 4.69) is 4.74 Å². The van der Waals surface area contributed by atoms with E-state index in [-0.39, 0.29) is 13.2 Å². The number of amides is 1. The molecule has 90 valence electrons. The largest absolute Gasteiger partial charge is 0.459 e. The number of rotatable bonds is 3. The van der Waals surface area contributed by atoms with Crippen LogP contribution in [0.1, 0.15) is 5.56 Å². The van der Waals surface area contributed by atoms with Crippen molar-refractivity contribution in [1.29, 1.82) is 0 Å². The molecule has 1 heterocycles. The summed E-state index contributed by atoms with van der Waals surface area (Å²) >= 11 is 0. The van der Waals surface area contributed by atoms with E-state index >= 15 is 0 Å². The Balaban J connectivity index is 1.88. The minimum atomic E-state index is -0.855. The van der Waals surface area contributed by atoms with E-state index in [0.717, 1.165) is 10.6 Å². The van der Waals surface area contributed by atoms with E-state index in [1.54, 1.807) is 0 Å². The quantitative estimate of drug-likeness (QED) is 0.467. The van der Waals surface area contributed by atoms with E-state index < -0.39 is 18.1 Å². The van der Waals surface area contributed by atoms with E-state index in [1.165, 1.54) is 0 Å². The summed E-state index contributed by atoms with van der Waals surface area (Å²) in [5, 5.41) is 0.743. The maximum absolute atomic E-state index is 11.6. The lowest BCUT2D eigenvalue weighted by Crippen LogP contribution is -2.45. The van der Waals surface area contributed by atoms with Crippen molar-refractivity contribution in [3.05, 3.63) is 35.9 Å². The van der Waals surface area contributed by atoms with Gasteiger partial charge in [-0.15, -0.1) is 0 Å². The van der Waals surface area contributed by atoms with E-state index in [0.29, 0.717) is 0 Å². The zero-order valence-electron chi connectivity index (χ0n) is 9.04. The molecule has 0 spiro atoms. The topological polar surface area (TPSA) is 81.9 Å². The van der Waals surface area contributed by atoms with E-state index in [1.807, 2.05) is 30.3 Å². The number of cyclic esters (lactones) is 1. The fourth-order valence-electron chi connectivity index (χ4n) is 1.44. The second-order valence-electron chi connectivity index (χ2n) is 3.59. The van der Waals surface area contributed by atoms with Crippen molar-refractivity contribution in [3.8, 4) is 0 Å². The van der Waals surface area contributed by atoms with Crippen LogP contribution in [0.4, 0.5) is 4.79 Å². The first-order valence-corrected chi connectivity index (χ1v) is 5.10. The molecule has 2 rings (SSSR count). The normalized spacial score (nSPS) is 19.0. The Hall–Kier alpha value is -2.08. The van der Waals surface area contributed by atoms with Crippen molar-refractivity contribution < 1.29 is 19.1 Å². The van der Waals surface area contributed by atoms with Crippen molar-refractivity contribution in [1.82, 2.24) is 5.01 Å². The van der Waals surface area contributed by atoms with E-state index in [4.69, 9.17) is 10.6 Å². The molecule has 0 aliphatic carbocycles. The predicted molar refractivity (Wildman–Crippen MR) is 57.4 cm³/mol. The molecule has 6 heteroatoms. The van der Waals surface area contributed by atoms with Gasteiger partial charge in [-0.1, -0.05) is 30.3 Å². The Morgan fingerprint density at radius 3 is 2.76 bits per heavy atom. The molecule has 1 amide bonds. The van der Waals surface area contributed by atoms with Crippen LogP contribution in [0.5, 0.6) is 0 Å². The highest BCUT2D eigenvalue weighted by molar-refractivity contribution is 5.83. The maximum Gasteiger partial charge on any atom is 0.425 e. The van der Waals surface area contributed by atoms with Gasteiger partial charge in [0.05, 0.1) is 0 Å². The molecule has 1 aliphatic rings. The molecule has 1 aliphatic heterocycles. The standard InChI is InChI=1S/C11H12N2O4/c12-13-9(7-17-11(13)15)10(14)16-6-8-4-2-1-3-5-8/h1-5,9H,6-7,12H2. The third kappa shape index (κ3) is 2.54. The molecule has 0 saturated carbocycles. The molecule has 1 saturated heterocycles. The van der Waals surface area contributed by atoms with Gasteiger partial charge < -0.3 is 9.47 Å². The first-order valence-electron chi connectivity index (χ1n) is 5.10. The van der Waals surface area contributed by atoms with Crippen molar-refractivity contribution in [2.75, 3.05) is 6.61 Å². The summed E-state index contributed by atoms with van der Waals surface area (Å²) in [4.78, 5) is 22.5. The van der Waals surface area contributed by atoms with Crippen LogP contribution < -0.4 is 5.84 Å². The van der Waals surface area contributed by atoms with Gasteiger partial charge in [0.1, 0.15) is 13.2 Å². The van der Waals surface area contributed by atoms with Gasteiger partial charge in [0.2, 0.25) is 0 Å². The molecule has 2 N–H and O–H groups in total. The van der Waals surface area contributed by atoms with Crippen LogP contribution >= 0.6 is 0 Å². The molecule has 17 heavy (non-hydrogen) atoms. The average molecular weight is 236 g/mol. The monoisotopic (exact) mass is 236 g/mol. The number of nitrogens with two attached hydrogens (primary N) is 1. The van der Waals surface area contributed by atoms with Crippen molar-refractivity contribution >= 4 is 12.1 Å². The zero-order valence-corrected chi connectivity index (χ0v) is 9.04. The molecular formula is C11H12N2O4. The van der Waals surface area contributed by atoms with Gasteiger partial charge in [-0.25, -0.2) is 20.4 Å². The maximum atomic E-state index is 11.6. The van der Waals surface area contributed by atoms with Crippen molar-refractivity contribution in [2.24, 2.45) is 5.84 Å². The molecule has 1 unspecified atom stereocenters. The molecule has 6 nitrogen and oxygen atoms in total. The lowest BCUT2D eigenvalue weighted by atomic mass is 10.2. The molecule has 1 fully saturated rings. The van der Waals surface area contributed by atoms with Gasteiger partial charge in [-0.2, -0.15) is 0 Å². The Kier molecular flexibility index (Phi) is 3.24. The Bertz CT molecular complexity index is 421. The van der Waals surface area contributed by atoms with Gasteiger partial charge in [0.25, 0.3) is 0 Å². The summed E-state index contributed by atoms with van der Waals surface area (Å²) in [6.07, 6.45) is -0.716. The number of nitrogens with zero attached hydrogens (tertiary/aromatic N) is 1. The Morgan fingerprint density at radius 1 is 1.47 bits per heavy atom. The first kappa shape index (κ1) is 11.4. The molecule has 1 aromatic carbocycles. The minimum absolute atomic E-state index is 0.0665. The van der Waals surface area contributed by atoms with Gasteiger partial charge in [0.15, 0.2) is 6.04 Å². The Labute approximate surface area is 97.9 Å². The van der Waals surface area contributed by atoms with Crippen LogP contribution in [0, 0.1) is 0 Å². The summed E-state index contributed by atoms with van der Waals surface area (Å²) in [6, 6.07) is 8.39. The lowest BCUT2D eigenvalue weighted by Gasteiger charge is -2.14. The number of hydrogen-bond donors (Lipinski definition) is 1. The molecule has 1 atom stereocenters. The van der Waals surface area contributed by atoms with Crippen molar-refractivity contribution in [2.45, 2.75) is 12.6 Å². The highest BCUT2D eigenvalue weighted by Gasteiger charge is 2.37. The van der Waals surface area contributed by atoms with Crippen LogP contribution in [0.25, 0.3) is 0 Å². The number of carbonyl (C=O) groups excluding carboxylic acids is 2. The summed E-state index contributed by atoms with van der Waals surface area (Å²) in [6.45, 7) is 0.0845. The predicted octanol–water partition coefficient (Wildman–Crippen LogP) is 0.424. The third-order valence-corrected chi connectivity index (χ3v) is 2.41.